The Morgan fingerprint density at radius 2 is 1.84 bits per heavy atom. The van der Waals surface area contributed by atoms with Crippen molar-refractivity contribution in [3.8, 4) is 0 Å². The first kappa shape index (κ1) is 24.6. The first-order chi connectivity index (χ1) is 15.1. The van der Waals surface area contributed by atoms with E-state index in [1.807, 2.05) is 0 Å². The van der Waals surface area contributed by atoms with E-state index in [9.17, 15) is 20.1 Å². The molecular weight excluding hydrogens is 498 g/mol. The summed E-state index contributed by atoms with van der Waals surface area (Å²) in [5.41, 5.74) is -3.87. The topological polar surface area (TPSA) is 99.4 Å². The van der Waals surface area contributed by atoms with Gasteiger partial charge in [0.05, 0.1) is 11.6 Å². The molecule has 6 atom stereocenters. The van der Waals surface area contributed by atoms with E-state index < -0.39 is 40.7 Å². The first-order valence-corrected chi connectivity index (χ1v) is 11.3. The minimum atomic E-state index is -2.23. The molecule has 6 nitrogen and oxygen atoms in total. The van der Waals surface area contributed by atoms with Crippen LogP contribution in [0.4, 0.5) is 0 Å². The van der Waals surface area contributed by atoms with Gasteiger partial charge in [0.2, 0.25) is 0 Å². The quantitative estimate of drug-likeness (QED) is 0.369. The molecule has 3 N–H and O–H groups in total. The van der Waals surface area contributed by atoms with Gasteiger partial charge in [0.25, 0.3) is 0 Å². The fourth-order valence-electron chi connectivity index (χ4n) is 4.83. The van der Waals surface area contributed by atoms with Crippen LogP contribution < -0.4 is 0 Å². The molecule has 1 unspecified atom stereocenters. The van der Waals surface area contributed by atoms with Gasteiger partial charge in [0.15, 0.2) is 5.60 Å². The lowest BCUT2D eigenvalue weighted by atomic mass is 9.70. The number of carboxylic acid groups (broad SMARTS) is 1. The molecule has 2 aromatic carbocycles. The smallest absolute Gasteiger partial charge is 0.310 e. The van der Waals surface area contributed by atoms with Crippen LogP contribution in [0.3, 0.4) is 0 Å². The number of hydrogen-bond donors (Lipinski definition) is 3. The predicted octanol–water partition coefficient (Wildman–Crippen LogP) is 4.44. The molecular formula is C24H25BrClNO5. The highest BCUT2D eigenvalue weighted by Gasteiger charge is 2.74. The van der Waals surface area contributed by atoms with Gasteiger partial charge in [-0.1, -0.05) is 76.6 Å². The Morgan fingerprint density at radius 1 is 1.25 bits per heavy atom. The highest BCUT2D eigenvalue weighted by Crippen LogP contribution is 2.61. The number of alkyl halides is 1. The van der Waals surface area contributed by atoms with Crippen LogP contribution in [0.2, 0.25) is 0 Å². The van der Waals surface area contributed by atoms with Gasteiger partial charge in [-0.25, -0.2) is 0 Å². The summed E-state index contributed by atoms with van der Waals surface area (Å²) in [6.07, 6.45) is -0.532. The Morgan fingerprint density at radius 3 is 2.34 bits per heavy atom. The molecule has 0 aromatic heterocycles. The third kappa shape index (κ3) is 3.82. The second kappa shape index (κ2) is 9.45. The number of aliphatic hydroxyl groups excluding tert-OH is 1. The van der Waals surface area contributed by atoms with E-state index in [1.54, 1.807) is 61.5 Å². The summed E-state index contributed by atoms with van der Waals surface area (Å²) in [5.74, 6) is -3.70. The van der Waals surface area contributed by atoms with E-state index in [0.29, 0.717) is 11.1 Å². The summed E-state index contributed by atoms with van der Waals surface area (Å²) in [6.45, 7) is 6.66. The molecule has 0 heterocycles. The molecule has 32 heavy (non-hydrogen) atoms. The molecule has 1 saturated carbocycles. The normalized spacial score (nSPS) is 31.3. The third-order valence-electron chi connectivity index (χ3n) is 6.03. The average molecular weight is 523 g/mol. The van der Waals surface area contributed by atoms with Crippen LogP contribution in [0.5, 0.6) is 0 Å². The lowest BCUT2D eigenvalue weighted by Gasteiger charge is -2.47. The van der Waals surface area contributed by atoms with Crippen molar-refractivity contribution in [3.63, 3.8) is 0 Å². The number of carbonyl (C=O) groups is 1. The number of aliphatic imine (C=N–C) groups is 1. The molecule has 170 valence electrons. The lowest BCUT2D eigenvalue weighted by molar-refractivity contribution is -0.178. The van der Waals surface area contributed by atoms with Crippen LogP contribution in [0.25, 0.3) is 0 Å². The summed E-state index contributed by atoms with van der Waals surface area (Å²) in [5, 5.41) is 33.8. The van der Waals surface area contributed by atoms with E-state index >= 15 is 0 Å². The average Bonchev–Trinajstić information content (AvgIpc) is 2.95. The zero-order valence-electron chi connectivity index (χ0n) is 17.7. The summed E-state index contributed by atoms with van der Waals surface area (Å²) in [6, 6.07) is 15.7. The predicted molar refractivity (Wildman–Crippen MR) is 127 cm³/mol. The SMILES string of the molecule is C=CN=C(C)[C@]1(O)[C@H](O)[C@H](C(=O)O)[C@@H](c2ccccc2)[C@@]1(OC(C)Cl)c1ccc(Br)cc1. The van der Waals surface area contributed by atoms with Crippen molar-refractivity contribution in [3.05, 3.63) is 83.0 Å². The number of rotatable bonds is 7. The number of nitrogens with zero attached hydrogens (tertiary/aromatic N) is 1. The molecule has 0 radical (unpaired) electrons. The minimum Gasteiger partial charge on any atom is -0.481 e. The van der Waals surface area contributed by atoms with Crippen LogP contribution in [0.1, 0.15) is 30.9 Å². The number of hydrogen-bond acceptors (Lipinski definition) is 5. The second-order valence-electron chi connectivity index (χ2n) is 7.76. The summed E-state index contributed by atoms with van der Waals surface area (Å²) in [4.78, 5) is 16.6. The number of ether oxygens (including phenoxy) is 1. The van der Waals surface area contributed by atoms with Gasteiger partial charge in [0, 0.05) is 16.6 Å². The highest BCUT2D eigenvalue weighted by atomic mass is 79.9. The van der Waals surface area contributed by atoms with Crippen molar-refractivity contribution in [1.82, 2.24) is 0 Å². The van der Waals surface area contributed by atoms with Crippen LogP contribution in [-0.4, -0.2) is 44.3 Å². The Labute approximate surface area is 200 Å². The minimum absolute atomic E-state index is 0.0601. The van der Waals surface area contributed by atoms with Gasteiger partial charge in [-0.2, -0.15) is 0 Å². The monoisotopic (exact) mass is 521 g/mol. The van der Waals surface area contributed by atoms with Crippen molar-refractivity contribution in [2.75, 3.05) is 0 Å². The Hall–Kier alpha value is -2.03. The van der Waals surface area contributed by atoms with Crippen LogP contribution in [0.15, 0.2) is 76.8 Å². The summed E-state index contributed by atoms with van der Waals surface area (Å²) >= 11 is 9.74. The molecule has 0 amide bonds. The van der Waals surface area contributed by atoms with E-state index in [-0.39, 0.29) is 5.71 Å². The van der Waals surface area contributed by atoms with Crippen molar-refractivity contribution >= 4 is 39.2 Å². The first-order valence-electron chi connectivity index (χ1n) is 10.0. The van der Waals surface area contributed by atoms with Gasteiger partial charge in [-0.3, -0.25) is 9.79 Å². The number of aliphatic carboxylic acids is 1. The highest BCUT2D eigenvalue weighted by molar-refractivity contribution is 9.10. The molecule has 1 fully saturated rings. The Balaban J connectivity index is 2.50. The zero-order chi connectivity index (χ0) is 23.7. The van der Waals surface area contributed by atoms with Crippen LogP contribution in [-0.2, 0) is 15.1 Å². The summed E-state index contributed by atoms with van der Waals surface area (Å²) < 4.78 is 7.07. The molecule has 1 aliphatic rings. The zero-order valence-corrected chi connectivity index (χ0v) is 20.0. The maximum Gasteiger partial charge on any atom is 0.310 e. The maximum absolute atomic E-state index is 12.5. The van der Waals surface area contributed by atoms with Gasteiger partial charge >= 0.3 is 5.97 Å². The third-order valence-corrected chi connectivity index (χ3v) is 6.65. The number of carboxylic acids is 1. The molecule has 0 bridgehead atoms. The van der Waals surface area contributed by atoms with E-state index in [2.05, 4.69) is 27.5 Å². The number of aliphatic hydroxyl groups is 2. The number of halogens is 2. The van der Waals surface area contributed by atoms with Gasteiger partial charge in [-0.05, 0) is 37.1 Å². The molecule has 0 aliphatic heterocycles. The number of benzene rings is 2. The Bertz CT molecular complexity index is 1010. The largest absolute Gasteiger partial charge is 0.481 e. The molecule has 0 spiro atoms. The molecule has 0 saturated heterocycles. The standard InChI is InChI=1S/C24H25BrClNO5/c1-4-27-14(2)23(31)21(28)19(22(29)30)20(16-8-6-5-7-9-16)24(23,32-15(3)26)17-10-12-18(25)13-11-17/h4-13,15,19-21,28,31H,1H2,2-3H3,(H,29,30)/t15?,19-,20-,21-,23+,24+/m1/s1. The fraction of sp³-hybridized carbons (Fsp3) is 0.333. The maximum atomic E-state index is 12.5. The van der Waals surface area contributed by atoms with Crippen molar-refractivity contribution in [1.29, 1.82) is 0 Å². The van der Waals surface area contributed by atoms with E-state index in [1.165, 1.54) is 13.1 Å². The molecule has 8 heteroatoms. The van der Waals surface area contributed by atoms with Gasteiger partial charge in [0.1, 0.15) is 17.3 Å². The molecule has 1 aliphatic carbocycles. The van der Waals surface area contributed by atoms with Crippen LogP contribution >= 0.6 is 27.5 Å². The van der Waals surface area contributed by atoms with Crippen molar-refractivity contribution in [2.24, 2.45) is 10.9 Å². The van der Waals surface area contributed by atoms with Crippen molar-refractivity contribution < 1.29 is 24.9 Å². The fourth-order valence-corrected chi connectivity index (χ4v) is 5.24. The van der Waals surface area contributed by atoms with E-state index in [0.717, 1.165) is 4.47 Å². The van der Waals surface area contributed by atoms with Gasteiger partial charge < -0.3 is 20.1 Å². The lowest BCUT2D eigenvalue weighted by Crippen LogP contribution is -2.61. The van der Waals surface area contributed by atoms with Gasteiger partial charge in [-0.15, -0.1) is 0 Å². The summed E-state index contributed by atoms with van der Waals surface area (Å²) in [7, 11) is 0. The molecule has 2 aromatic rings. The second-order valence-corrected chi connectivity index (χ2v) is 9.29. The Kier molecular flexibility index (Phi) is 7.27. The van der Waals surface area contributed by atoms with Crippen LogP contribution in [0, 0.1) is 5.92 Å². The van der Waals surface area contributed by atoms with Crippen molar-refractivity contribution in [2.45, 2.75) is 42.6 Å². The van der Waals surface area contributed by atoms with E-state index in [4.69, 9.17) is 16.3 Å². The molecule has 3 rings (SSSR count).